The van der Waals surface area contributed by atoms with Crippen LogP contribution >= 0.6 is 0 Å². The zero-order valence-corrected chi connectivity index (χ0v) is 17.2. The van der Waals surface area contributed by atoms with Crippen LogP contribution in [0.3, 0.4) is 0 Å². The van der Waals surface area contributed by atoms with E-state index < -0.39 is 0 Å². The lowest BCUT2D eigenvalue weighted by molar-refractivity contribution is 0.663. The van der Waals surface area contributed by atoms with Crippen molar-refractivity contribution in [3.63, 3.8) is 0 Å². The SMILES string of the molecule is CC1(C)c2cccc3ccc4cc(Nc5ccc(-c6ccccc6)cc5)cc1c4c23. The van der Waals surface area contributed by atoms with Crippen molar-refractivity contribution in [1.82, 2.24) is 0 Å². The highest BCUT2D eigenvalue weighted by molar-refractivity contribution is 6.15. The molecule has 0 bridgehead atoms. The number of hydrogen-bond acceptors (Lipinski definition) is 1. The summed E-state index contributed by atoms with van der Waals surface area (Å²) in [5.74, 6) is 0. The van der Waals surface area contributed by atoms with Gasteiger partial charge in [0.05, 0.1) is 0 Å². The first-order chi connectivity index (χ1) is 14.6. The van der Waals surface area contributed by atoms with Gasteiger partial charge in [0, 0.05) is 16.8 Å². The van der Waals surface area contributed by atoms with E-state index in [4.69, 9.17) is 0 Å². The second-order valence-electron chi connectivity index (χ2n) is 8.78. The first-order valence-electron chi connectivity index (χ1n) is 10.5. The third kappa shape index (κ3) is 2.48. The zero-order chi connectivity index (χ0) is 20.3. The van der Waals surface area contributed by atoms with Gasteiger partial charge in [0.25, 0.3) is 0 Å². The fraction of sp³-hybridized carbons (Fsp3) is 0.103. The standard InChI is InChI=1S/C29H23N/c1-29(2)25-10-6-9-21-11-12-22-17-24(18-26(29)28(22)27(21)25)30-23-15-13-20(14-16-23)19-7-4-3-5-8-19/h3-18,30H,1-2H3. The van der Waals surface area contributed by atoms with Crippen molar-refractivity contribution >= 4 is 32.9 Å². The zero-order valence-electron chi connectivity index (χ0n) is 17.2. The minimum absolute atomic E-state index is 0.0102. The molecule has 0 saturated heterocycles. The predicted octanol–water partition coefficient (Wildman–Crippen LogP) is 8.04. The molecule has 0 saturated carbocycles. The summed E-state index contributed by atoms with van der Waals surface area (Å²) in [7, 11) is 0. The Morgan fingerprint density at radius 1 is 0.533 bits per heavy atom. The summed E-state index contributed by atoms with van der Waals surface area (Å²) in [6, 6.07) is 35.0. The first-order valence-corrected chi connectivity index (χ1v) is 10.5. The summed E-state index contributed by atoms with van der Waals surface area (Å²) in [5.41, 5.74) is 7.58. The molecule has 1 aliphatic rings. The van der Waals surface area contributed by atoms with Crippen molar-refractivity contribution in [2.45, 2.75) is 19.3 Å². The quantitative estimate of drug-likeness (QED) is 0.310. The number of nitrogens with one attached hydrogen (secondary N) is 1. The van der Waals surface area contributed by atoms with Crippen LogP contribution in [-0.4, -0.2) is 0 Å². The van der Waals surface area contributed by atoms with Gasteiger partial charge in [-0.05, 0) is 68.1 Å². The number of hydrogen-bond donors (Lipinski definition) is 1. The van der Waals surface area contributed by atoms with Crippen LogP contribution in [0.2, 0.25) is 0 Å². The molecule has 1 heteroatoms. The van der Waals surface area contributed by atoms with Crippen LogP contribution in [0.1, 0.15) is 25.0 Å². The maximum Gasteiger partial charge on any atom is 0.0393 e. The molecule has 6 rings (SSSR count). The Hall–Kier alpha value is -3.58. The predicted molar refractivity (Wildman–Crippen MR) is 129 cm³/mol. The largest absolute Gasteiger partial charge is 0.355 e. The Labute approximate surface area is 177 Å². The van der Waals surface area contributed by atoms with Gasteiger partial charge in [0.1, 0.15) is 0 Å². The van der Waals surface area contributed by atoms with Gasteiger partial charge in [-0.25, -0.2) is 0 Å². The fourth-order valence-corrected chi connectivity index (χ4v) is 5.02. The van der Waals surface area contributed by atoms with Crippen molar-refractivity contribution < 1.29 is 0 Å². The molecule has 1 N–H and O–H groups in total. The van der Waals surface area contributed by atoms with E-state index in [2.05, 4.69) is 116 Å². The van der Waals surface area contributed by atoms with Crippen molar-refractivity contribution in [3.05, 3.63) is 108 Å². The van der Waals surface area contributed by atoms with E-state index >= 15 is 0 Å². The van der Waals surface area contributed by atoms with Gasteiger partial charge in [0.15, 0.2) is 0 Å². The van der Waals surface area contributed by atoms with Crippen LogP contribution in [0.4, 0.5) is 11.4 Å². The highest BCUT2D eigenvalue weighted by Crippen LogP contribution is 2.49. The summed E-state index contributed by atoms with van der Waals surface area (Å²) in [6.45, 7) is 4.68. The van der Waals surface area contributed by atoms with Crippen LogP contribution in [0, 0.1) is 0 Å². The van der Waals surface area contributed by atoms with Crippen molar-refractivity contribution in [3.8, 4) is 11.1 Å². The van der Waals surface area contributed by atoms with E-state index in [1.165, 1.54) is 43.8 Å². The summed E-state index contributed by atoms with van der Waals surface area (Å²) >= 11 is 0. The Morgan fingerprint density at radius 3 is 2.03 bits per heavy atom. The molecule has 0 heterocycles. The van der Waals surface area contributed by atoms with Gasteiger partial charge < -0.3 is 5.32 Å². The van der Waals surface area contributed by atoms with Crippen LogP contribution in [0.15, 0.2) is 97.1 Å². The number of rotatable bonds is 3. The Balaban J connectivity index is 1.41. The minimum atomic E-state index is 0.0102. The summed E-state index contributed by atoms with van der Waals surface area (Å²) in [4.78, 5) is 0. The Kier molecular flexibility index (Phi) is 3.58. The van der Waals surface area contributed by atoms with Crippen molar-refractivity contribution in [2.24, 2.45) is 0 Å². The van der Waals surface area contributed by atoms with Crippen LogP contribution in [0.5, 0.6) is 0 Å². The van der Waals surface area contributed by atoms with E-state index in [1.54, 1.807) is 0 Å². The third-order valence-corrected chi connectivity index (χ3v) is 6.59. The molecule has 0 aromatic heterocycles. The maximum atomic E-state index is 3.64. The Bertz CT molecular complexity index is 1410. The first kappa shape index (κ1) is 17.3. The lowest BCUT2D eigenvalue weighted by atomic mass is 9.81. The second-order valence-corrected chi connectivity index (χ2v) is 8.78. The molecule has 0 unspecified atom stereocenters. The van der Waals surface area contributed by atoms with Crippen molar-refractivity contribution in [1.29, 1.82) is 0 Å². The topological polar surface area (TPSA) is 12.0 Å². The van der Waals surface area contributed by atoms with Crippen molar-refractivity contribution in [2.75, 3.05) is 5.32 Å². The average Bonchev–Trinajstić information content (AvgIpc) is 3.01. The molecule has 0 atom stereocenters. The van der Waals surface area contributed by atoms with Crippen LogP contribution in [0.25, 0.3) is 32.7 Å². The lowest BCUT2D eigenvalue weighted by Crippen LogP contribution is -2.15. The molecule has 30 heavy (non-hydrogen) atoms. The molecule has 0 aliphatic heterocycles. The monoisotopic (exact) mass is 385 g/mol. The molecule has 0 spiro atoms. The third-order valence-electron chi connectivity index (χ3n) is 6.59. The van der Waals surface area contributed by atoms with E-state index in [9.17, 15) is 0 Å². The molecule has 1 aliphatic carbocycles. The minimum Gasteiger partial charge on any atom is -0.355 e. The Morgan fingerprint density at radius 2 is 1.23 bits per heavy atom. The number of anilines is 2. The molecule has 1 nitrogen and oxygen atoms in total. The van der Waals surface area contributed by atoms with Gasteiger partial charge in [0.2, 0.25) is 0 Å². The summed E-state index contributed by atoms with van der Waals surface area (Å²) in [5, 5.41) is 9.12. The molecule has 5 aromatic carbocycles. The molecule has 0 radical (unpaired) electrons. The number of benzene rings is 5. The molecule has 144 valence electrons. The van der Waals surface area contributed by atoms with Gasteiger partial charge in [-0.1, -0.05) is 86.6 Å². The van der Waals surface area contributed by atoms with E-state index in [0.29, 0.717) is 0 Å². The molecule has 5 aromatic rings. The van der Waals surface area contributed by atoms with Crippen LogP contribution < -0.4 is 5.32 Å². The average molecular weight is 386 g/mol. The summed E-state index contributed by atoms with van der Waals surface area (Å²) in [6.07, 6.45) is 0. The summed E-state index contributed by atoms with van der Waals surface area (Å²) < 4.78 is 0. The van der Waals surface area contributed by atoms with E-state index in [1.807, 2.05) is 0 Å². The van der Waals surface area contributed by atoms with Gasteiger partial charge in [-0.15, -0.1) is 0 Å². The van der Waals surface area contributed by atoms with E-state index in [-0.39, 0.29) is 5.41 Å². The second kappa shape index (κ2) is 6.21. The van der Waals surface area contributed by atoms with Gasteiger partial charge >= 0.3 is 0 Å². The molecular formula is C29H23N. The lowest BCUT2D eigenvalue weighted by Gasteiger charge is -2.22. The van der Waals surface area contributed by atoms with Crippen LogP contribution in [-0.2, 0) is 5.41 Å². The van der Waals surface area contributed by atoms with E-state index in [0.717, 1.165) is 11.4 Å². The van der Waals surface area contributed by atoms with Gasteiger partial charge in [-0.3, -0.25) is 0 Å². The smallest absolute Gasteiger partial charge is 0.0393 e. The molecule has 0 fully saturated rings. The fourth-order valence-electron chi connectivity index (χ4n) is 5.02. The highest BCUT2D eigenvalue weighted by atomic mass is 14.9. The van der Waals surface area contributed by atoms with Gasteiger partial charge in [-0.2, -0.15) is 0 Å². The maximum absolute atomic E-state index is 3.64. The molecule has 0 amide bonds. The highest BCUT2D eigenvalue weighted by Gasteiger charge is 2.34. The molecular weight excluding hydrogens is 362 g/mol. The normalized spacial score (nSPS) is 13.9.